The van der Waals surface area contributed by atoms with Crippen molar-refractivity contribution < 1.29 is 26.6 Å². The zero-order chi connectivity index (χ0) is 32.8. The van der Waals surface area contributed by atoms with Gasteiger partial charge in [0, 0.05) is 24.7 Å². The summed E-state index contributed by atoms with van der Waals surface area (Å²) in [5, 5.41) is 26.7. The van der Waals surface area contributed by atoms with Crippen LogP contribution in [0.1, 0.15) is 22.8 Å². The Hall–Kier alpha value is -4.02. The molecule has 0 saturated carbocycles. The van der Waals surface area contributed by atoms with Crippen LogP contribution in [0.4, 0.5) is 0 Å². The standard InChI is InChI=1S/C34H36N7O2PS2.Cu/c1-25(31(39-40-33(45)36-2)26-18-20-27(21-19-26)32(35)42)38-41-34(46)37-22-23-43-24-44(28-12-6-3-7-13-28,29-14-8-4-9-15-29)30-16-10-5-11-17-30;/h3-21H,22-24H2,1-2H3,(H5-,35,36,37,38,39,40,41,42,45,46);/q;+2/p-1. The molecule has 4 aromatic rings. The molecule has 4 aromatic carbocycles. The van der Waals surface area contributed by atoms with Gasteiger partial charge >= 0.3 is 17.1 Å². The summed E-state index contributed by atoms with van der Waals surface area (Å²) in [6, 6.07) is 38.3. The zero-order valence-electron chi connectivity index (χ0n) is 25.8. The van der Waals surface area contributed by atoms with Crippen LogP contribution in [0.15, 0.2) is 136 Å². The van der Waals surface area contributed by atoms with Gasteiger partial charge < -0.3 is 46.4 Å². The molecule has 0 aliphatic carbocycles. The third-order valence-corrected chi connectivity index (χ3v) is 11.6. The van der Waals surface area contributed by atoms with E-state index in [1.807, 2.05) is 18.2 Å². The molecule has 1 radical (unpaired) electrons. The first kappa shape index (κ1) is 37.4. The largest absolute Gasteiger partial charge is 2.00 e. The summed E-state index contributed by atoms with van der Waals surface area (Å²) < 4.78 is 6.39. The van der Waals surface area contributed by atoms with Gasteiger partial charge in [-0.2, -0.15) is 15.3 Å². The maximum absolute atomic E-state index is 11.5. The van der Waals surface area contributed by atoms with Gasteiger partial charge in [-0.15, -0.1) is 5.10 Å². The molecule has 0 heterocycles. The monoisotopic (exact) mass is 731 g/mol. The number of amides is 1. The Morgan fingerprint density at radius 3 is 1.66 bits per heavy atom. The molecule has 13 heteroatoms. The molecule has 0 bridgehead atoms. The fourth-order valence-electron chi connectivity index (χ4n) is 4.63. The normalized spacial score (nSPS) is 12.6. The molecule has 0 fully saturated rings. The molecule has 245 valence electrons. The van der Waals surface area contributed by atoms with Crippen molar-refractivity contribution in [2.45, 2.75) is 6.92 Å². The van der Waals surface area contributed by atoms with E-state index < -0.39 is 13.2 Å². The number of amidine groups is 2. The van der Waals surface area contributed by atoms with Crippen LogP contribution in [-0.2, 0) is 47.1 Å². The van der Waals surface area contributed by atoms with Gasteiger partial charge in [-0.25, -0.2) is 0 Å². The number of ether oxygens (including phenoxy) is 1. The number of benzene rings is 4. The van der Waals surface area contributed by atoms with Crippen molar-refractivity contribution >= 4 is 76.1 Å². The van der Waals surface area contributed by atoms with E-state index in [9.17, 15) is 4.79 Å². The Balaban J connectivity index is 0.00000600. The van der Waals surface area contributed by atoms with Crippen molar-refractivity contribution in [1.82, 2.24) is 10.6 Å². The SMILES string of the molecule is CN/C([S-])=N/N=C(/C(C)=N/N=C(\[S-])NCCOC[P+](c1ccccc1)(c1ccccc1)c1ccccc1)c1ccc(C(N)=O)cc1.[Cu+2]. The molecular weight excluding hydrogens is 697 g/mol. The van der Waals surface area contributed by atoms with Gasteiger partial charge in [-0.05, 0) is 65.8 Å². The number of nitrogens with one attached hydrogen (secondary N) is 2. The van der Waals surface area contributed by atoms with Crippen molar-refractivity contribution in [3.63, 3.8) is 0 Å². The average Bonchev–Trinajstić information content (AvgIpc) is 3.10. The van der Waals surface area contributed by atoms with Crippen molar-refractivity contribution in [3.05, 3.63) is 126 Å². The second-order valence-corrected chi connectivity index (χ2v) is 14.1. The molecule has 0 unspecified atom stereocenters. The van der Waals surface area contributed by atoms with Gasteiger partial charge in [0.15, 0.2) is 6.35 Å². The van der Waals surface area contributed by atoms with Crippen LogP contribution in [0.25, 0.3) is 0 Å². The number of rotatable bonds is 13. The minimum Gasteiger partial charge on any atom is -0.741 e. The van der Waals surface area contributed by atoms with E-state index in [0.717, 1.165) is 0 Å². The van der Waals surface area contributed by atoms with Crippen molar-refractivity contribution in [2.24, 2.45) is 26.1 Å². The van der Waals surface area contributed by atoms with Crippen molar-refractivity contribution in [3.8, 4) is 0 Å². The first-order valence-electron chi connectivity index (χ1n) is 14.4. The molecule has 0 saturated heterocycles. The number of nitrogens with zero attached hydrogens (tertiary/aromatic N) is 4. The zero-order valence-corrected chi connectivity index (χ0v) is 29.3. The Labute approximate surface area is 297 Å². The number of primary amides is 1. The minimum absolute atomic E-state index is 0. The van der Waals surface area contributed by atoms with Gasteiger partial charge in [0.2, 0.25) is 5.91 Å². The van der Waals surface area contributed by atoms with Crippen molar-refractivity contribution in [2.75, 3.05) is 26.5 Å². The van der Waals surface area contributed by atoms with Gasteiger partial charge in [0.25, 0.3) is 0 Å². The first-order chi connectivity index (χ1) is 22.3. The second kappa shape index (κ2) is 19.0. The predicted molar refractivity (Wildman–Crippen MR) is 197 cm³/mol. The molecular formula is C34H35CuN7O2PS2+. The van der Waals surface area contributed by atoms with Crippen LogP contribution in [0.5, 0.6) is 0 Å². The molecule has 1 amide bonds. The summed E-state index contributed by atoms with van der Waals surface area (Å²) in [7, 11) is -0.446. The maximum Gasteiger partial charge on any atom is 2.00 e. The maximum atomic E-state index is 11.5. The topological polar surface area (TPSA) is 126 Å². The van der Waals surface area contributed by atoms with Crippen LogP contribution >= 0.6 is 7.26 Å². The quantitative estimate of drug-likeness (QED) is 0.0368. The number of hydrogen-bond acceptors (Lipinski definition) is 8. The van der Waals surface area contributed by atoms with E-state index >= 15 is 0 Å². The van der Waals surface area contributed by atoms with Crippen LogP contribution in [0, 0.1) is 0 Å². The summed E-state index contributed by atoms with van der Waals surface area (Å²) in [6.07, 6.45) is 0.528. The van der Waals surface area contributed by atoms with E-state index in [0.29, 0.717) is 42.0 Å². The summed E-state index contributed by atoms with van der Waals surface area (Å²) in [5.41, 5.74) is 7.25. The van der Waals surface area contributed by atoms with E-state index in [4.69, 9.17) is 35.7 Å². The molecule has 4 N–H and O–H groups in total. The molecule has 4 rings (SSSR count). The third-order valence-electron chi connectivity index (χ3n) is 6.93. The summed E-state index contributed by atoms with van der Waals surface area (Å²) >= 11 is 10.5. The molecule has 0 aliphatic heterocycles. The summed E-state index contributed by atoms with van der Waals surface area (Å²) in [4.78, 5) is 11.5. The number of carbonyl (C=O) groups is 1. The number of hydrogen-bond donors (Lipinski definition) is 3. The third kappa shape index (κ3) is 10.2. The van der Waals surface area contributed by atoms with E-state index in [1.165, 1.54) is 15.9 Å². The predicted octanol–water partition coefficient (Wildman–Crippen LogP) is 3.45. The Morgan fingerprint density at radius 2 is 1.19 bits per heavy atom. The smallest absolute Gasteiger partial charge is 0.741 e. The Kier molecular flexibility index (Phi) is 15.1. The molecule has 0 aliphatic rings. The molecule has 9 nitrogen and oxygen atoms in total. The van der Waals surface area contributed by atoms with Crippen LogP contribution in [0.3, 0.4) is 0 Å². The molecule has 47 heavy (non-hydrogen) atoms. The number of nitrogens with two attached hydrogens (primary N) is 1. The molecule has 0 spiro atoms. The summed E-state index contributed by atoms with van der Waals surface area (Å²) in [5.74, 6) is -0.528. The Bertz CT molecular complexity index is 1610. The van der Waals surface area contributed by atoms with E-state index in [1.54, 1.807) is 38.2 Å². The molecule has 0 atom stereocenters. The minimum atomic E-state index is -2.10. The average molecular weight is 732 g/mol. The van der Waals surface area contributed by atoms with Crippen LogP contribution in [0.2, 0.25) is 0 Å². The van der Waals surface area contributed by atoms with Gasteiger partial charge in [0.05, 0.1) is 12.3 Å². The first-order valence-corrected chi connectivity index (χ1v) is 17.2. The fraction of sp³-hybridized carbons (Fsp3) is 0.147. The van der Waals surface area contributed by atoms with E-state index in [2.05, 4.69) is 104 Å². The van der Waals surface area contributed by atoms with Crippen LogP contribution < -0.4 is 32.3 Å². The van der Waals surface area contributed by atoms with Gasteiger partial charge in [-0.1, -0.05) is 66.7 Å². The fourth-order valence-corrected chi connectivity index (χ4v) is 8.60. The molecule has 0 aromatic heterocycles. The van der Waals surface area contributed by atoms with Crippen LogP contribution in [-0.4, -0.2) is 54.2 Å². The van der Waals surface area contributed by atoms with Gasteiger partial charge in [0.1, 0.15) is 28.9 Å². The Morgan fingerprint density at radius 1 is 0.723 bits per heavy atom. The summed E-state index contributed by atoms with van der Waals surface area (Å²) in [6.45, 7) is 2.58. The van der Waals surface area contributed by atoms with Crippen molar-refractivity contribution in [1.29, 1.82) is 0 Å². The van der Waals surface area contributed by atoms with Gasteiger partial charge in [-0.3, -0.25) is 4.79 Å². The second-order valence-electron chi connectivity index (χ2n) is 9.92. The number of carbonyl (C=O) groups excluding carboxylic acids is 1. The van der Waals surface area contributed by atoms with E-state index in [-0.39, 0.29) is 27.4 Å².